The Labute approximate surface area is 249 Å². The van der Waals surface area contributed by atoms with Crippen LogP contribution in [0.3, 0.4) is 0 Å². The molecule has 2 saturated heterocycles. The normalized spacial score (nSPS) is 22.3. The standard InChI is InChI=1S/C32H37FN6O4/c1-4-20-24(33)6-5-18-11-19(40)12-26(27(18)20)38-10-7-21-25(15-38)34-31(43-17-32(8-9-32)16-37(2)3)35-28(21)39-13-22-23(14-39)30(42)36-29(22)41/h5-6,11-12,22-23,40H,4,7-10,13-17H2,1-3H3,(H,36,41,42)/t22-,23+. The highest BCUT2D eigenvalue weighted by Crippen LogP contribution is 2.46. The first kappa shape index (κ1) is 27.8. The van der Waals surface area contributed by atoms with Crippen molar-refractivity contribution in [1.82, 2.24) is 20.2 Å². The van der Waals surface area contributed by atoms with Crippen LogP contribution in [-0.2, 0) is 29.0 Å². The maximum absolute atomic E-state index is 14.9. The number of benzene rings is 2. The van der Waals surface area contributed by atoms with E-state index in [1.165, 1.54) is 6.07 Å². The summed E-state index contributed by atoms with van der Waals surface area (Å²) in [5, 5.41) is 14.6. The fourth-order valence-electron chi connectivity index (χ4n) is 7.22. The van der Waals surface area contributed by atoms with Crippen molar-refractivity contribution in [2.24, 2.45) is 17.3 Å². The largest absolute Gasteiger partial charge is 0.508 e. The first-order valence-electron chi connectivity index (χ1n) is 15.1. The van der Waals surface area contributed by atoms with Crippen LogP contribution >= 0.6 is 0 Å². The third-order valence-electron chi connectivity index (χ3n) is 9.50. The van der Waals surface area contributed by atoms with Crippen LogP contribution in [0.4, 0.5) is 15.9 Å². The Morgan fingerprint density at radius 3 is 2.53 bits per heavy atom. The van der Waals surface area contributed by atoms with Gasteiger partial charge in [-0.25, -0.2) is 4.39 Å². The minimum Gasteiger partial charge on any atom is -0.508 e. The first-order chi connectivity index (χ1) is 20.6. The SMILES string of the molecule is CCc1c(F)ccc2cc(O)cc(N3CCc4c(nc(OCC5(CN(C)C)CC5)nc4N4C[C@@H]5C(=O)NC(=O)[C@@H]5C4)C3)c12. The van der Waals surface area contributed by atoms with Crippen molar-refractivity contribution in [1.29, 1.82) is 0 Å². The Balaban J connectivity index is 1.26. The van der Waals surface area contributed by atoms with Crippen molar-refractivity contribution < 1.29 is 23.8 Å². The summed E-state index contributed by atoms with van der Waals surface area (Å²) in [4.78, 5) is 41.0. The fraction of sp³-hybridized carbons (Fsp3) is 0.500. The van der Waals surface area contributed by atoms with Gasteiger partial charge in [-0.2, -0.15) is 9.97 Å². The summed E-state index contributed by atoms with van der Waals surface area (Å²) in [5.74, 6) is -0.652. The average molecular weight is 589 g/mol. The number of hydrogen-bond acceptors (Lipinski definition) is 9. The molecule has 0 spiro atoms. The number of rotatable bonds is 8. The van der Waals surface area contributed by atoms with Gasteiger partial charge in [0.2, 0.25) is 11.8 Å². The van der Waals surface area contributed by atoms with E-state index in [0.29, 0.717) is 57.0 Å². The molecule has 4 aliphatic rings. The van der Waals surface area contributed by atoms with E-state index in [-0.39, 0.29) is 34.8 Å². The van der Waals surface area contributed by atoms with E-state index < -0.39 is 11.8 Å². The number of aromatic hydroxyl groups is 1. The summed E-state index contributed by atoms with van der Waals surface area (Å²) in [5.41, 5.74) is 3.23. The summed E-state index contributed by atoms with van der Waals surface area (Å²) in [6.45, 7) is 5.21. The number of amides is 2. The van der Waals surface area contributed by atoms with E-state index in [0.717, 1.165) is 47.1 Å². The zero-order valence-electron chi connectivity index (χ0n) is 24.8. The number of fused-ring (bicyclic) bond motifs is 3. The van der Waals surface area contributed by atoms with Crippen molar-refractivity contribution in [3.05, 3.63) is 46.9 Å². The van der Waals surface area contributed by atoms with E-state index >= 15 is 0 Å². The van der Waals surface area contributed by atoms with Crippen molar-refractivity contribution in [3.8, 4) is 11.8 Å². The maximum atomic E-state index is 14.9. The van der Waals surface area contributed by atoms with E-state index in [9.17, 15) is 19.1 Å². The molecule has 43 heavy (non-hydrogen) atoms. The van der Waals surface area contributed by atoms with Crippen LogP contribution in [0.15, 0.2) is 24.3 Å². The Morgan fingerprint density at radius 2 is 1.86 bits per heavy atom. The van der Waals surface area contributed by atoms with Gasteiger partial charge in [-0.15, -0.1) is 0 Å². The number of nitrogens with zero attached hydrogens (tertiary/aromatic N) is 5. The monoisotopic (exact) mass is 588 g/mol. The fourth-order valence-corrected chi connectivity index (χ4v) is 7.22. The number of imide groups is 1. The molecule has 0 bridgehead atoms. The molecule has 0 radical (unpaired) electrons. The van der Waals surface area contributed by atoms with Gasteiger partial charge in [0.25, 0.3) is 0 Å². The molecule has 3 aromatic rings. The van der Waals surface area contributed by atoms with Gasteiger partial charge >= 0.3 is 6.01 Å². The van der Waals surface area contributed by atoms with Crippen LogP contribution < -0.4 is 19.9 Å². The molecular weight excluding hydrogens is 551 g/mol. The predicted molar refractivity (Wildman–Crippen MR) is 160 cm³/mol. The topological polar surface area (TPSA) is 111 Å². The van der Waals surface area contributed by atoms with Crippen molar-refractivity contribution in [3.63, 3.8) is 0 Å². The minimum absolute atomic E-state index is 0.0885. The summed E-state index contributed by atoms with van der Waals surface area (Å²) >= 11 is 0. The van der Waals surface area contributed by atoms with E-state index in [1.54, 1.807) is 18.2 Å². The lowest BCUT2D eigenvalue weighted by molar-refractivity contribution is -0.126. The van der Waals surface area contributed by atoms with Crippen molar-refractivity contribution in [2.75, 3.05) is 56.7 Å². The number of aromatic nitrogens is 2. The molecule has 1 aliphatic carbocycles. The maximum Gasteiger partial charge on any atom is 0.318 e. The molecule has 226 valence electrons. The second-order valence-electron chi connectivity index (χ2n) is 12.9. The van der Waals surface area contributed by atoms with E-state index in [2.05, 4.69) is 29.2 Å². The Hall–Kier alpha value is -3.99. The summed E-state index contributed by atoms with van der Waals surface area (Å²) in [7, 11) is 4.12. The first-order valence-corrected chi connectivity index (χ1v) is 15.1. The van der Waals surface area contributed by atoms with Gasteiger partial charge in [-0.1, -0.05) is 13.0 Å². The predicted octanol–water partition coefficient (Wildman–Crippen LogP) is 3.03. The Bertz CT molecular complexity index is 1620. The quantitative estimate of drug-likeness (QED) is 0.384. The van der Waals surface area contributed by atoms with Gasteiger partial charge in [0.15, 0.2) is 0 Å². The molecule has 11 heteroatoms. The number of anilines is 2. The Kier molecular flexibility index (Phi) is 6.68. The minimum atomic E-state index is -0.390. The van der Waals surface area contributed by atoms with E-state index in [1.807, 2.05) is 11.8 Å². The third kappa shape index (κ3) is 4.93. The average Bonchev–Trinajstić information content (AvgIpc) is 3.48. The molecule has 4 heterocycles. The van der Waals surface area contributed by atoms with Crippen molar-refractivity contribution >= 4 is 34.1 Å². The lowest BCUT2D eigenvalue weighted by Gasteiger charge is -2.34. The molecule has 1 saturated carbocycles. The number of ether oxygens (including phenoxy) is 1. The van der Waals surface area contributed by atoms with Gasteiger partial charge < -0.3 is 24.5 Å². The van der Waals surface area contributed by atoms with Gasteiger partial charge in [0, 0.05) is 54.3 Å². The number of nitrogens with one attached hydrogen (secondary N) is 1. The molecule has 10 nitrogen and oxygen atoms in total. The van der Waals surface area contributed by atoms with Crippen LogP contribution in [0.2, 0.25) is 0 Å². The highest BCUT2D eigenvalue weighted by Gasteiger charge is 2.49. The molecule has 3 fully saturated rings. The number of carbonyl (C=O) groups excluding carboxylic acids is 2. The number of hydrogen-bond donors (Lipinski definition) is 2. The van der Waals surface area contributed by atoms with Gasteiger partial charge in [-0.05, 0) is 62.9 Å². The molecule has 2 aromatic carbocycles. The van der Waals surface area contributed by atoms with Gasteiger partial charge in [0.05, 0.1) is 30.7 Å². The molecule has 2 amide bonds. The molecular formula is C32H37FN6O4. The third-order valence-corrected chi connectivity index (χ3v) is 9.50. The summed E-state index contributed by atoms with van der Waals surface area (Å²) in [6, 6.07) is 6.83. The number of phenolic OH excluding ortho intramolecular Hbond substituents is 1. The number of phenols is 1. The van der Waals surface area contributed by atoms with Gasteiger partial charge in [0.1, 0.15) is 17.4 Å². The van der Waals surface area contributed by atoms with E-state index in [4.69, 9.17) is 14.7 Å². The van der Waals surface area contributed by atoms with Crippen LogP contribution in [0, 0.1) is 23.1 Å². The zero-order chi connectivity index (χ0) is 30.0. The van der Waals surface area contributed by atoms with Crippen molar-refractivity contribution in [2.45, 2.75) is 39.2 Å². The smallest absolute Gasteiger partial charge is 0.318 e. The molecule has 7 rings (SSSR count). The van der Waals surface area contributed by atoms with Crippen LogP contribution in [0.5, 0.6) is 11.8 Å². The van der Waals surface area contributed by atoms with Gasteiger partial charge in [-0.3, -0.25) is 14.9 Å². The molecule has 1 aromatic heterocycles. The molecule has 2 N–H and O–H groups in total. The second kappa shape index (κ2) is 10.3. The number of halogens is 1. The molecule has 0 unspecified atom stereocenters. The second-order valence-corrected chi connectivity index (χ2v) is 12.9. The lowest BCUT2D eigenvalue weighted by atomic mass is 9.97. The number of carbonyl (C=O) groups is 2. The van der Waals surface area contributed by atoms with Crippen LogP contribution in [0.25, 0.3) is 10.8 Å². The Morgan fingerprint density at radius 1 is 1.12 bits per heavy atom. The summed E-state index contributed by atoms with van der Waals surface area (Å²) in [6.07, 6.45) is 3.30. The van der Waals surface area contributed by atoms with Crippen LogP contribution in [0.1, 0.15) is 36.6 Å². The number of aryl methyl sites for hydroxylation is 1. The highest BCUT2D eigenvalue weighted by atomic mass is 19.1. The molecule has 3 aliphatic heterocycles. The summed E-state index contributed by atoms with van der Waals surface area (Å²) < 4.78 is 21.2. The van der Waals surface area contributed by atoms with Crippen LogP contribution in [-0.4, -0.2) is 78.7 Å². The highest BCUT2D eigenvalue weighted by molar-refractivity contribution is 6.06. The molecule has 2 atom stereocenters. The zero-order valence-corrected chi connectivity index (χ0v) is 24.8. The lowest BCUT2D eigenvalue weighted by Crippen LogP contribution is -2.36.